The van der Waals surface area contributed by atoms with Crippen molar-refractivity contribution in [3.05, 3.63) is 217 Å². The molecule has 286 valence electrons. The van der Waals surface area contributed by atoms with Gasteiger partial charge in [0, 0.05) is 43.8 Å². The summed E-state index contributed by atoms with van der Waals surface area (Å²) in [6.45, 7) is 2.28. The second-order valence-electron chi connectivity index (χ2n) is 16.6. The molecular weight excluding hydrogens is 750 g/mol. The summed E-state index contributed by atoms with van der Waals surface area (Å²) >= 11 is 0. The van der Waals surface area contributed by atoms with Gasteiger partial charge in [0.15, 0.2) is 7.14 Å². The van der Waals surface area contributed by atoms with Crippen LogP contribution in [0.5, 0.6) is 0 Å². The van der Waals surface area contributed by atoms with E-state index in [0.29, 0.717) is 11.9 Å². The lowest BCUT2D eigenvalue weighted by Crippen LogP contribution is -2.39. The Balaban J connectivity index is 1.11. The number of para-hydroxylation sites is 2. The molecule has 4 atom stereocenters. The fraction of sp³-hybridized carbons (Fsp3) is 0.0909. The van der Waals surface area contributed by atoms with E-state index in [1.54, 1.807) is 0 Å². The molecule has 4 nitrogen and oxygen atoms in total. The van der Waals surface area contributed by atoms with Gasteiger partial charge in [-0.2, -0.15) is 0 Å². The minimum atomic E-state index is -3.37. The fourth-order valence-corrected chi connectivity index (χ4v) is 14.1. The van der Waals surface area contributed by atoms with Crippen LogP contribution >= 0.6 is 7.14 Å². The standard InChI is InChI=1S/C55H40N3OP/c1-55-34-13-12-27-50(55)60(59,41-33-32-36-15-2-3-17-40(36)35-41)49-26-11-8-22-46(49)53-51(55)45-21-7-10-25-48(45)58(53)54-56-47-24-9-6-20-44(47)52(57-54)39-30-28-38(29-31-39)43-23-14-18-37-16-4-5-19-42(37)43/h2-17,19-35,37,50H,18H2,1H3. The summed E-state index contributed by atoms with van der Waals surface area (Å²) in [7, 11) is -3.37. The maximum absolute atomic E-state index is 16.7. The molecule has 1 aliphatic heterocycles. The first-order valence-corrected chi connectivity index (χ1v) is 22.6. The highest BCUT2D eigenvalue weighted by atomic mass is 31.2. The Kier molecular flexibility index (Phi) is 7.80. The first kappa shape index (κ1) is 35.1. The van der Waals surface area contributed by atoms with E-state index >= 15 is 4.57 Å². The summed E-state index contributed by atoms with van der Waals surface area (Å²) in [4.78, 5) is 10.9. The van der Waals surface area contributed by atoms with Crippen LogP contribution in [0.2, 0.25) is 0 Å². The molecule has 4 unspecified atom stereocenters. The molecule has 8 aromatic rings. The molecular formula is C55H40N3OP. The van der Waals surface area contributed by atoms with Crippen LogP contribution in [0.3, 0.4) is 0 Å². The predicted molar refractivity (Wildman–Crippen MR) is 250 cm³/mol. The van der Waals surface area contributed by atoms with Gasteiger partial charge in [-0.1, -0.05) is 189 Å². The highest BCUT2D eigenvalue weighted by Crippen LogP contribution is 2.63. The third kappa shape index (κ3) is 5.07. The number of fused-ring (bicyclic) bond motifs is 10. The zero-order valence-corrected chi connectivity index (χ0v) is 34.0. The molecule has 0 N–H and O–H groups in total. The van der Waals surface area contributed by atoms with Gasteiger partial charge in [0.05, 0.1) is 28.1 Å². The smallest absolute Gasteiger partial charge is 0.235 e. The van der Waals surface area contributed by atoms with E-state index in [0.717, 1.165) is 77.7 Å². The van der Waals surface area contributed by atoms with Gasteiger partial charge in [-0.3, -0.25) is 4.57 Å². The summed E-state index contributed by atoms with van der Waals surface area (Å²) in [5.74, 6) is 0.999. The van der Waals surface area contributed by atoms with Crippen molar-refractivity contribution in [1.29, 1.82) is 0 Å². The number of nitrogens with zero attached hydrogens (tertiary/aromatic N) is 3. The van der Waals surface area contributed by atoms with Crippen LogP contribution in [0, 0.1) is 5.92 Å². The first-order valence-electron chi connectivity index (χ1n) is 20.8. The normalized spacial score (nSPS) is 22.5. The molecule has 60 heavy (non-hydrogen) atoms. The highest BCUT2D eigenvalue weighted by Gasteiger charge is 2.53. The molecule has 4 aliphatic rings. The van der Waals surface area contributed by atoms with E-state index in [4.69, 9.17) is 9.97 Å². The zero-order chi connectivity index (χ0) is 40.0. The van der Waals surface area contributed by atoms with Crippen LogP contribution in [-0.4, -0.2) is 20.2 Å². The third-order valence-corrected chi connectivity index (χ3v) is 16.9. The van der Waals surface area contributed by atoms with E-state index in [9.17, 15) is 0 Å². The van der Waals surface area contributed by atoms with Crippen molar-refractivity contribution < 1.29 is 4.57 Å². The van der Waals surface area contributed by atoms with Crippen LogP contribution in [0.1, 0.15) is 24.5 Å². The van der Waals surface area contributed by atoms with E-state index in [1.165, 1.54) is 16.7 Å². The van der Waals surface area contributed by atoms with Crippen molar-refractivity contribution in [2.45, 2.75) is 24.4 Å². The molecule has 3 heterocycles. The number of rotatable bonds is 4. The van der Waals surface area contributed by atoms with Crippen LogP contribution in [0.4, 0.5) is 0 Å². The molecule has 3 aliphatic carbocycles. The van der Waals surface area contributed by atoms with Crippen LogP contribution < -0.4 is 10.6 Å². The number of aromatic nitrogens is 3. The molecule has 0 amide bonds. The van der Waals surface area contributed by atoms with E-state index in [1.807, 2.05) is 12.1 Å². The van der Waals surface area contributed by atoms with Crippen LogP contribution in [0.15, 0.2) is 206 Å². The topological polar surface area (TPSA) is 47.8 Å². The monoisotopic (exact) mass is 789 g/mol. The maximum atomic E-state index is 16.7. The molecule has 0 fully saturated rings. The summed E-state index contributed by atoms with van der Waals surface area (Å²) < 4.78 is 19.0. The van der Waals surface area contributed by atoms with Gasteiger partial charge < -0.3 is 4.57 Å². The van der Waals surface area contributed by atoms with E-state index in [-0.39, 0.29) is 5.66 Å². The van der Waals surface area contributed by atoms with Crippen molar-refractivity contribution in [3.63, 3.8) is 0 Å². The number of allylic oxidation sites excluding steroid dienone is 12. The Morgan fingerprint density at radius 1 is 0.683 bits per heavy atom. The summed E-state index contributed by atoms with van der Waals surface area (Å²) in [5, 5.41) is 6.03. The highest BCUT2D eigenvalue weighted by molar-refractivity contribution is 7.79. The number of benzene rings is 6. The van der Waals surface area contributed by atoms with Crippen molar-refractivity contribution >= 4 is 55.9 Å². The summed E-state index contributed by atoms with van der Waals surface area (Å²) in [6, 6.07) is 48.9. The lowest BCUT2D eigenvalue weighted by Gasteiger charge is -2.39. The molecule has 12 rings (SSSR count). The quantitative estimate of drug-likeness (QED) is 0.167. The Labute approximate surface area is 349 Å². The molecule has 6 aromatic carbocycles. The van der Waals surface area contributed by atoms with Gasteiger partial charge >= 0.3 is 0 Å². The lowest BCUT2D eigenvalue weighted by atomic mass is 9.75. The Morgan fingerprint density at radius 2 is 1.43 bits per heavy atom. The van der Waals surface area contributed by atoms with Gasteiger partial charge in [-0.25, -0.2) is 9.97 Å². The van der Waals surface area contributed by atoms with Crippen molar-refractivity contribution in [3.8, 4) is 28.5 Å². The average Bonchev–Trinajstić information content (AvgIpc) is 3.64. The molecule has 0 bridgehead atoms. The van der Waals surface area contributed by atoms with Crippen LogP contribution in [0.25, 0.3) is 66.6 Å². The Bertz CT molecular complexity index is 3360. The van der Waals surface area contributed by atoms with Crippen molar-refractivity contribution in [2.24, 2.45) is 5.92 Å². The molecule has 0 saturated heterocycles. The van der Waals surface area contributed by atoms with Crippen LogP contribution in [-0.2, 0) is 9.98 Å². The van der Waals surface area contributed by atoms with Gasteiger partial charge in [0.2, 0.25) is 5.95 Å². The molecule has 0 saturated carbocycles. The predicted octanol–water partition coefficient (Wildman–Crippen LogP) is 12.6. The van der Waals surface area contributed by atoms with Gasteiger partial charge in [0.1, 0.15) is 0 Å². The lowest BCUT2D eigenvalue weighted by molar-refractivity contribution is 0.550. The maximum Gasteiger partial charge on any atom is 0.235 e. The van der Waals surface area contributed by atoms with E-state index < -0.39 is 12.6 Å². The minimum absolute atomic E-state index is 0.338. The largest absolute Gasteiger partial charge is 0.313 e. The second kappa shape index (κ2) is 13.3. The fourth-order valence-electron chi connectivity index (χ4n) is 10.5. The second-order valence-corrected chi connectivity index (χ2v) is 19.4. The number of hydrogen-bond acceptors (Lipinski definition) is 3. The van der Waals surface area contributed by atoms with Crippen molar-refractivity contribution in [1.82, 2.24) is 14.5 Å². The minimum Gasteiger partial charge on any atom is -0.313 e. The Morgan fingerprint density at radius 3 is 2.33 bits per heavy atom. The average molecular weight is 790 g/mol. The summed E-state index contributed by atoms with van der Waals surface area (Å²) in [6.07, 6.45) is 23.1. The van der Waals surface area contributed by atoms with Gasteiger partial charge in [0.25, 0.3) is 0 Å². The van der Waals surface area contributed by atoms with Gasteiger partial charge in [-0.15, -0.1) is 0 Å². The molecule has 5 heteroatoms. The zero-order valence-electron chi connectivity index (χ0n) is 33.1. The van der Waals surface area contributed by atoms with Gasteiger partial charge in [-0.05, 0) is 57.7 Å². The third-order valence-electron chi connectivity index (χ3n) is 13.3. The molecule has 0 radical (unpaired) electrons. The van der Waals surface area contributed by atoms with Crippen molar-refractivity contribution in [2.75, 3.05) is 0 Å². The number of hydrogen-bond donors (Lipinski definition) is 0. The SMILES string of the molecule is CC12C=CC=CC1P(=O)(c1ccc3ccccc3c1)c1ccccc1-c1c2c2ccccc2n1-c1nc(-c2ccc(C3=C4C=CC=CC4CC=C3)cc2)c2ccccc2n1. The first-order chi connectivity index (χ1) is 29.5. The van der Waals surface area contributed by atoms with E-state index in [2.05, 4.69) is 200 Å². The molecule has 2 aromatic heterocycles. The summed E-state index contributed by atoms with van der Waals surface area (Å²) in [5.41, 5.74) is 9.69. The Hall–Kier alpha value is -6.87. The molecule has 0 spiro atoms.